The van der Waals surface area contributed by atoms with Crippen molar-refractivity contribution in [2.75, 3.05) is 10.6 Å². The quantitative estimate of drug-likeness (QED) is 0.827. The van der Waals surface area contributed by atoms with E-state index in [9.17, 15) is 9.59 Å². The molecule has 0 atom stereocenters. The van der Waals surface area contributed by atoms with Gasteiger partial charge in [-0.2, -0.15) is 0 Å². The predicted octanol–water partition coefficient (Wildman–Crippen LogP) is 4.94. The van der Waals surface area contributed by atoms with Crippen molar-refractivity contribution < 1.29 is 14.3 Å². The Labute approximate surface area is 146 Å². The highest BCUT2D eigenvalue weighted by atomic mass is 35.5. The normalized spacial score (nSPS) is 10.8. The minimum atomic E-state index is -0.594. The molecule has 24 heavy (non-hydrogen) atoms. The van der Waals surface area contributed by atoms with Crippen LogP contribution in [0, 0.1) is 0 Å². The molecule has 0 saturated heterocycles. The number of anilines is 2. The first-order chi connectivity index (χ1) is 11.2. The number of amides is 2. The fourth-order valence-electron chi connectivity index (χ4n) is 1.92. The van der Waals surface area contributed by atoms with Crippen molar-refractivity contribution in [1.82, 2.24) is 0 Å². The van der Waals surface area contributed by atoms with Gasteiger partial charge in [0.25, 0.3) is 5.91 Å². The molecule has 0 aliphatic rings. The lowest BCUT2D eigenvalue weighted by Crippen LogP contribution is -2.27. The van der Waals surface area contributed by atoms with Crippen molar-refractivity contribution in [3.63, 3.8) is 0 Å². The van der Waals surface area contributed by atoms with Crippen molar-refractivity contribution in [3.8, 4) is 0 Å². The van der Waals surface area contributed by atoms with E-state index in [0.29, 0.717) is 22.0 Å². The molecule has 0 bridgehead atoms. The summed E-state index contributed by atoms with van der Waals surface area (Å²) < 4.78 is 5.19. The van der Waals surface area contributed by atoms with Crippen molar-refractivity contribution in [1.29, 1.82) is 0 Å². The van der Waals surface area contributed by atoms with Gasteiger partial charge in [-0.1, -0.05) is 29.8 Å². The maximum absolute atomic E-state index is 12.3. The van der Waals surface area contributed by atoms with Gasteiger partial charge in [0.1, 0.15) is 5.60 Å². The number of benzene rings is 2. The van der Waals surface area contributed by atoms with Crippen LogP contribution in [0.2, 0.25) is 5.02 Å². The number of rotatable bonds is 3. The number of hydrogen-bond acceptors (Lipinski definition) is 3. The molecule has 5 nitrogen and oxygen atoms in total. The zero-order valence-electron chi connectivity index (χ0n) is 13.7. The average molecular weight is 347 g/mol. The molecule has 0 heterocycles. The van der Waals surface area contributed by atoms with Crippen LogP contribution in [0.5, 0.6) is 0 Å². The van der Waals surface area contributed by atoms with Crippen molar-refractivity contribution in [2.45, 2.75) is 26.4 Å². The number of nitrogens with one attached hydrogen (secondary N) is 2. The van der Waals surface area contributed by atoms with E-state index in [1.54, 1.807) is 69.3 Å². The third-order valence-electron chi connectivity index (χ3n) is 2.89. The van der Waals surface area contributed by atoms with Gasteiger partial charge in [-0.15, -0.1) is 0 Å². The van der Waals surface area contributed by atoms with E-state index >= 15 is 0 Å². The molecule has 0 aliphatic carbocycles. The highest BCUT2D eigenvalue weighted by Gasteiger charge is 2.16. The molecule has 0 fully saturated rings. The van der Waals surface area contributed by atoms with E-state index in [0.717, 1.165) is 0 Å². The summed E-state index contributed by atoms with van der Waals surface area (Å²) in [6.07, 6.45) is -0.578. The molecule has 6 heteroatoms. The Hall–Kier alpha value is -2.53. The zero-order chi connectivity index (χ0) is 17.7. The summed E-state index contributed by atoms with van der Waals surface area (Å²) in [4.78, 5) is 24.1. The number of carbonyl (C=O) groups is 2. The summed E-state index contributed by atoms with van der Waals surface area (Å²) in [6.45, 7) is 5.33. The number of halogens is 1. The Morgan fingerprint density at radius 1 is 1.00 bits per heavy atom. The fourth-order valence-corrected chi connectivity index (χ4v) is 2.10. The van der Waals surface area contributed by atoms with E-state index in [4.69, 9.17) is 16.3 Å². The number of para-hydroxylation sites is 1. The highest BCUT2D eigenvalue weighted by Crippen LogP contribution is 2.22. The molecule has 2 aromatic carbocycles. The SMILES string of the molecule is CC(C)(C)OC(=O)Nc1cccc(C(=O)Nc2ccccc2Cl)c1. The van der Waals surface area contributed by atoms with Gasteiger partial charge in [0.15, 0.2) is 0 Å². The summed E-state index contributed by atoms with van der Waals surface area (Å²) >= 11 is 6.03. The first kappa shape index (κ1) is 17.8. The van der Waals surface area contributed by atoms with Crippen molar-refractivity contribution >= 4 is 35.0 Å². The molecular weight excluding hydrogens is 328 g/mol. The molecule has 2 aromatic rings. The summed E-state index contributed by atoms with van der Waals surface area (Å²) in [5.74, 6) is -0.323. The second kappa shape index (κ2) is 7.36. The topological polar surface area (TPSA) is 67.4 Å². The first-order valence-electron chi connectivity index (χ1n) is 7.40. The standard InChI is InChI=1S/C18H19ClN2O3/c1-18(2,3)24-17(23)20-13-8-6-7-12(11-13)16(22)21-15-10-5-4-9-14(15)19/h4-11H,1-3H3,(H,20,23)(H,21,22). The minimum absolute atomic E-state index is 0.323. The first-order valence-corrected chi connectivity index (χ1v) is 7.78. The van der Waals surface area contributed by atoms with Crippen LogP contribution < -0.4 is 10.6 Å². The summed E-state index contributed by atoms with van der Waals surface area (Å²) in [7, 11) is 0. The maximum Gasteiger partial charge on any atom is 0.412 e. The van der Waals surface area contributed by atoms with Crippen LogP contribution in [0.25, 0.3) is 0 Å². The lowest BCUT2D eigenvalue weighted by atomic mass is 10.2. The summed E-state index contributed by atoms with van der Waals surface area (Å²) in [5, 5.41) is 5.78. The van der Waals surface area contributed by atoms with E-state index in [1.165, 1.54) is 0 Å². The van der Waals surface area contributed by atoms with Crippen LogP contribution in [0.4, 0.5) is 16.2 Å². The molecule has 0 spiro atoms. The van der Waals surface area contributed by atoms with Gasteiger partial charge in [0, 0.05) is 11.3 Å². The highest BCUT2D eigenvalue weighted by molar-refractivity contribution is 6.33. The largest absolute Gasteiger partial charge is 0.444 e. The molecule has 2 N–H and O–H groups in total. The lowest BCUT2D eigenvalue weighted by Gasteiger charge is -2.19. The van der Waals surface area contributed by atoms with Crippen LogP contribution in [0.1, 0.15) is 31.1 Å². The fraction of sp³-hybridized carbons (Fsp3) is 0.222. The molecule has 126 valence electrons. The van der Waals surface area contributed by atoms with E-state index in [-0.39, 0.29) is 5.91 Å². The molecule has 0 aromatic heterocycles. The Balaban J connectivity index is 2.08. The van der Waals surface area contributed by atoms with Gasteiger partial charge in [-0.3, -0.25) is 10.1 Å². The monoisotopic (exact) mass is 346 g/mol. The van der Waals surface area contributed by atoms with Gasteiger partial charge in [-0.25, -0.2) is 4.79 Å². The molecular formula is C18H19ClN2O3. The molecule has 0 aliphatic heterocycles. The second-order valence-corrected chi connectivity index (χ2v) is 6.55. The molecule has 0 radical (unpaired) electrons. The van der Waals surface area contributed by atoms with Crippen molar-refractivity contribution in [2.24, 2.45) is 0 Å². The van der Waals surface area contributed by atoms with Gasteiger partial charge in [0.05, 0.1) is 10.7 Å². The Kier molecular flexibility index (Phi) is 5.46. The average Bonchev–Trinajstić information content (AvgIpc) is 2.48. The van der Waals surface area contributed by atoms with Crippen molar-refractivity contribution in [3.05, 3.63) is 59.1 Å². The predicted molar refractivity (Wildman–Crippen MR) is 95.7 cm³/mol. The van der Waals surface area contributed by atoms with Crippen LogP contribution in [0.3, 0.4) is 0 Å². The minimum Gasteiger partial charge on any atom is -0.444 e. The van der Waals surface area contributed by atoms with Gasteiger partial charge in [-0.05, 0) is 51.1 Å². The van der Waals surface area contributed by atoms with Gasteiger partial charge >= 0.3 is 6.09 Å². The van der Waals surface area contributed by atoms with Crippen LogP contribution in [0.15, 0.2) is 48.5 Å². The van der Waals surface area contributed by atoms with Gasteiger partial charge < -0.3 is 10.1 Å². The maximum atomic E-state index is 12.3. The van der Waals surface area contributed by atoms with E-state index < -0.39 is 11.7 Å². The Morgan fingerprint density at radius 3 is 2.38 bits per heavy atom. The molecule has 0 unspecified atom stereocenters. The zero-order valence-corrected chi connectivity index (χ0v) is 14.5. The number of ether oxygens (including phenoxy) is 1. The molecule has 2 amide bonds. The molecule has 0 saturated carbocycles. The van der Waals surface area contributed by atoms with E-state index in [1.807, 2.05) is 0 Å². The van der Waals surface area contributed by atoms with Crippen LogP contribution >= 0.6 is 11.6 Å². The second-order valence-electron chi connectivity index (χ2n) is 6.14. The number of hydrogen-bond donors (Lipinski definition) is 2. The summed E-state index contributed by atoms with van der Waals surface area (Å²) in [5.41, 5.74) is 0.789. The third-order valence-corrected chi connectivity index (χ3v) is 3.22. The van der Waals surface area contributed by atoms with Crippen LogP contribution in [-0.2, 0) is 4.74 Å². The Morgan fingerprint density at radius 2 is 1.71 bits per heavy atom. The van der Waals surface area contributed by atoms with E-state index in [2.05, 4.69) is 10.6 Å². The van der Waals surface area contributed by atoms with Gasteiger partial charge in [0.2, 0.25) is 0 Å². The smallest absolute Gasteiger partial charge is 0.412 e. The van der Waals surface area contributed by atoms with Crippen LogP contribution in [-0.4, -0.2) is 17.6 Å². The lowest BCUT2D eigenvalue weighted by molar-refractivity contribution is 0.0635. The third kappa shape index (κ3) is 5.28. The number of carbonyl (C=O) groups excluding carboxylic acids is 2. The Bertz CT molecular complexity index is 754. The molecule has 2 rings (SSSR count). The summed E-state index contributed by atoms with van der Waals surface area (Å²) in [6, 6.07) is 13.5.